The topological polar surface area (TPSA) is 20.2 Å². The molecule has 1 rings (SSSR count). The van der Waals surface area contributed by atoms with Gasteiger partial charge in [0.15, 0.2) is 0 Å². The summed E-state index contributed by atoms with van der Waals surface area (Å²) in [6.45, 7) is 4.23. The van der Waals surface area contributed by atoms with Gasteiger partial charge >= 0.3 is 0 Å². The summed E-state index contributed by atoms with van der Waals surface area (Å²) in [5, 5.41) is 10.1. The summed E-state index contributed by atoms with van der Waals surface area (Å²) in [7, 11) is 0. The fraction of sp³-hybridized carbons (Fsp3) is 0.500. The fourth-order valence-corrected chi connectivity index (χ4v) is 2.15. The van der Waals surface area contributed by atoms with Crippen LogP contribution in [0.5, 0.6) is 0 Å². The molecule has 0 aliphatic carbocycles. The molecule has 0 aromatic heterocycles. The van der Waals surface area contributed by atoms with E-state index >= 15 is 0 Å². The summed E-state index contributed by atoms with van der Waals surface area (Å²) < 4.78 is 0.996. The van der Waals surface area contributed by atoms with Gasteiger partial charge < -0.3 is 5.11 Å². The second kappa shape index (κ2) is 5.52. The molecule has 0 bridgehead atoms. The molecule has 0 fully saturated rings. The first-order chi connectivity index (χ1) is 6.66. The summed E-state index contributed by atoms with van der Waals surface area (Å²) in [4.78, 5) is 0. The van der Waals surface area contributed by atoms with Crippen LogP contribution in [0.2, 0.25) is 0 Å². The number of hydrogen-bond donors (Lipinski definition) is 1. The number of halogens is 1. The SMILES string of the molecule is CCCC(C)C(O)c1ccccc1Br. The molecule has 2 atom stereocenters. The Labute approximate surface area is 94.3 Å². The maximum Gasteiger partial charge on any atom is 0.0826 e. The Balaban J connectivity index is 2.78. The number of hydrogen-bond acceptors (Lipinski definition) is 1. The molecule has 1 aromatic carbocycles. The molecule has 2 heteroatoms. The van der Waals surface area contributed by atoms with E-state index in [1.165, 1.54) is 0 Å². The van der Waals surface area contributed by atoms with Crippen molar-refractivity contribution < 1.29 is 5.11 Å². The molecule has 0 spiro atoms. The lowest BCUT2D eigenvalue weighted by Crippen LogP contribution is -2.09. The van der Waals surface area contributed by atoms with Crippen molar-refractivity contribution in [1.29, 1.82) is 0 Å². The molecule has 1 N–H and O–H groups in total. The number of aliphatic hydroxyl groups excluding tert-OH is 1. The van der Waals surface area contributed by atoms with Crippen molar-refractivity contribution in [2.24, 2.45) is 5.92 Å². The van der Waals surface area contributed by atoms with Crippen LogP contribution in [0.3, 0.4) is 0 Å². The van der Waals surface area contributed by atoms with Crippen molar-refractivity contribution in [2.45, 2.75) is 32.8 Å². The Hall–Kier alpha value is -0.340. The second-order valence-electron chi connectivity index (χ2n) is 3.73. The first-order valence-electron chi connectivity index (χ1n) is 5.09. The first kappa shape index (κ1) is 11.7. The third kappa shape index (κ3) is 2.82. The highest BCUT2D eigenvalue weighted by molar-refractivity contribution is 9.10. The summed E-state index contributed by atoms with van der Waals surface area (Å²) in [5.41, 5.74) is 0.994. The fourth-order valence-electron chi connectivity index (χ4n) is 1.63. The summed E-state index contributed by atoms with van der Waals surface area (Å²) in [6.07, 6.45) is 1.82. The molecule has 2 unspecified atom stereocenters. The lowest BCUT2D eigenvalue weighted by molar-refractivity contribution is 0.111. The molecule has 0 aliphatic rings. The summed E-state index contributed by atoms with van der Waals surface area (Å²) in [5.74, 6) is 0.318. The van der Waals surface area contributed by atoms with Crippen molar-refractivity contribution in [3.05, 3.63) is 34.3 Å². The molecule has 0 radical (unpaired) electrons. The lowest BCUT2D eigenvalue weighted by atomic mass is 9.94. The Morgan fingerprint density at radius 2 is 2.00 bits per heavy atom. The van der Waals surface area contributed by atoms with Gasteiger partial charge in [0, 0.05) is 4.47 Å². The molecule has 1 nitrogen and oxygen atoms in total. The van der Waals surface area contributed by atoms with Crippen LogP contribution in [0.25, 0.3) is 0 Å². The minimum atomic E-state index is -0.356. The average Bonchev–Trinajstić information content (AvgIpc) is 2.18. The molecule has 0 heterocycles. The second-order valence-corrected chi connectivity index (χ2v) is 4.59. The number of rotatable bonds is 4. The van der Waals surface area contributed by atoms with Crippen molar-refractivity contribution in [3.8, 4) is 0 Å². The van der Waals surface area contributed by atoms with Gasteiger partial charge in [-0.1, -0.05) is 54.4 Å². The highest BCUT2D eigenvalue weighted by atomic mass is 79.9. The molecule has 0 saturated carbocycles. The average molecular weight is 257 g/mol. The van der Waals surface area contributed by atoms with E-state index in [0.29, 0.717) is 5.92 Å². The van der Waals surface area contributed by atoms with Crippen LogP contribution in [0.1, 0.15) is 38.4 Å². The van der Waals surface area contributed by atoms with Crippen LogP contribution in [-0.2, 0) is 0 Å². The van der Waals surface area contributed by atoms with Crippen molar-refractivity contribution in [3.63, 3.8) is 0 Å². The van der Waals surface area contributed by atoms with E-state index in [9.17, 15) is 5.11 Å². The van der Waals surface area contributed by atoms with Gasteiger partial charge in [0.1, 0.15) is 0 Å². The Kier molecular flexibility index (Phi) is 4.63. The molecular weight excluding hydrogens is 240 g/mol. The zero-order chi connectivity index (χ0) is 10.6. The number of benzene rings is 1. The van der Waals surface area contributed by atoms with E-state index in [4.69, 9.17) is 0 Å². The highest BCUT2D eigenvalue weighted by Gasteiger charge is 2.17. The molecule has 78 valence electrons. The van der Waals surface area contributed by atoms with E-state index < -0.39 is 0 Å². The number of aliphatic hydroxyl groups is 1. The van der Waals surface area contributed by atoms with E-state index in [1.807, 2.05) is 24.3 Å². The van der Waals surface area contributed by atoms with Gasteiger partial charge in [0.2, 0.25) is 0 Å². The Morgan fingerprint density at radius 1 is 1.36 bits per heavy atom. The zero-order valence-corrected chi connectivity index (χ0v) is 10.3. The van der Waals surface area contributed by atoms with Gasteiger partial charge in [0.05, 0.1) is 6.10 Å². The summed E-state index contributed by atoms with van der Waals surface area (Å²) in [6, 6.07) is 7.87. The maximum atomic E-state index is 10.1. The third-order valence-electron chi connectivity index (χ3n) is 2.51. The summed E-state index contributed by atoms with van der Waals surface area (Å²) >= 11 is 3.46. The molecule has 1 aromatic rings. The maximum absolute atomic E-state index is 10.1. The van der Waals surface area contributed by atoms with Crippen LogP contribution in [0, 0.1) is 5.92 Å². The quantitative estimate of drug-likeness (QED) is 0.866. The molecule has 0 amide bonds. The standard InChI is InChI=1S/C12H17BrO/c1-3-6-9(2)12(14)10-7-4-5-8-11(10)13/h4-5,7-9,12,14H,3,6H2,1-2H3. The Bertz CT molecular complexity index is 285. The monoisotopic (exact) mass is 256 g/mol. The van der Waals surface area contributed by atoms with E-state index in [-0.39, 0.29) is 6.10 Å². The molecular formula is C12H17BrO. The molecule has 0 aliphatic heterocycles. The van der Waals surface area contributed by atoms with Gasteiger partial charge in [-0.15, -0.1) is 0 Å². The van der Waals surface area contributed by atoms with Crippen molar-refractivity contribution in [2.75, 3.05) is 0 Å². The van der Waals surface area contributed by atoms with Gasteiger partial charge in [-0.05, 0) is 24.0 Å². The first-order valence-corrected chi connectivity index (χ1v) is 5.88. The highest BCUT2D eigenvalue weighted by Crippen LogP contribution is 2.30. The van der Waals surface area contributed by atoms with Crippen LogP contribution in [0.15, 0.2) is 28.7 Å². The normalized spacial score (nSPS) is 15.1. The van der Waals surface area contributed by atoms with Crippen LogP contribution >= 0.6 is 15.9 Å². The van der Waals surface area contributed by atoms with Crippen LogP contribution < -0.4 is 0 Å². The molecule has 14 heavy (non-hydrogen) atoms. The minimum absolute atomic E-state index is 0.318. The lowest BCUT2D eigenvalue weighted by Gasteiger charge is -2.19. The van der Waals surface area contributed by atoms with E-state index in [2.05, 4.69) is 29.8 Å². The predicted molar refractivity (Wildman–Crippen MR) is 63.2 cm³/mol. The smallest absolute Gasteiger partial charge is 0.0826 e. The third-order valence-corrected chi connectivity index (χ3v) is 3.23. The van der Waals surface area contributed by atoms with E-state index in [1.54, 1.807) is 0 Å². The minimum Gasteiger partial charge on any atom is -0.388 e. The van der Waals surface area contributed by atoms with E-state index in [0.717, 1.165) is 22.9 Å². The van der Waals surface area contributed by atoms with Gasteiger partial charge in [0.25, 0.3) is 0 Å². The molecule has 0 saturated heterocycles. The van der Waals surface area contributed by atoms with Crippen LogP contribution in [-0.4, -0.2) is 5.11 Å². The Morgan fingerprint density at radius 3 is 2.57 bits per heavy atom. The van der Waals surface area contributed by atoms with Crippen LogP contribution in [0.4, 0.5) is 0 Å². The van der Waals surface area contributed by atoms with Crippen molar-refractivity contribution >= 4 is 15.9 Å². The van der Waals surface area contributed by atoms with Gasteiger partial charge in [-0.25, -0.2) is 0 Å². The van der Waals surface area contributed by atoms with Gasteiger partial charge in [-0.3, -0.25) is 0 Å². The predicted octanol–water partition coefficient (Wildman–Crippen LogP) is 3.92. The largest absolute Gasteiger partial charge is 0.388 e. The van der Waals surface area contributed by atoms with Crippen molar-refractivity contribution in [1.82, 2.24) is 0 Å². The zero-order valence-electron chi connectivity index (χ0n) is 8.70. The van der Waals surface area contributed by atoms with Gasteiger partial charge in [-0.2, -0.15) is 0 Å².